The Labute approximate surface area is 241 Å². The number of aliphatic carboxylic acids is 2. The third-order valence-corrected chi connectivity index (χ3v) is 7.69. The van der Waals surface area contributed by atoms with Crippen LogP contribution in [0.5, 0.6) is 0 Å². The number of carbonyl (C=O) groups is 4. The molecular formula is C28H38F4N4O6. The quantitative estimate of drug-likeness (QED) is 0.233. The molecule has 1 aromatic rings. The number of piperidine rings is 1. The average Bonchev–Trinajstić information content (AvgIpc) is 3.45. The minimum atomic E-state index is -5.19. The summed E-state index contributed by atoms with van der Waals surface area (Å²) in [6, 6.07) is 3.89. The van der Waals surface area contributed by atoms with Gasteiger partial charge in [-0.25, -0.2) is 4.39 Å². The first-order valence-electron chi connectivity index (χ1n) is 13.8. The van der Waals surface area contributed by atoms with E-state index in [1.165, 1.54) is 12.1 Å². The SMILES string of the molecule is CCC(NC(=O)c1ccc(C(N)=[N+]2CCCC2)cc1F)C(C)(C)C(=O)N1CCC(CC(=O)O)CC1.O=C([O-])C(F)(F)F. The molecule has 14 heteroatoms. The van der Waals surface area contributed by atoms with Crippen LogP contribution in [-0.4, -0.2) is 82.6 Å². The van der Waals surface area contributed by atoms with Gasteiger partial charge < -0.3 is 25.2 Å². The fourth-order valence-electron chi connectivity index (χ4n) is 5.17. The summed E-state index contributed by atoms with van der Waals surface area (Å²) in [5.74, 6) is -4.55. The van der Waals surface area contributed by atoms with E-state index in [1.807, 2.05) is 11.5 Å². The highest BCUT2D eigenvalue weighted by Gasteiger charge is 2.41. The lowest BCUT2D eigenvalue weighted by molar-refractivity contribution is -0.506. The van der Waals surface area contributed by atoms with Gasteiger partial charge in [-0.3, -0.25) is 24.7 Å². The number of carboxylic acid groups (broad SMARTS) is 2. The van der Waals surface area contributed by atoms with Gasteiger partial charge in [0.15, 0.2) is 0 Å². The van der Waals surface area contributed by atoms with E-state index in [1.54, 1.807) is 24.8 Å². The minimum absolute atomic E-state index is 0.0732. The summed E-state index contributed by atoms with van der Waals surface area (Å²) in [6.45, 7) is 8.13. The van der Waals surface area contributed by atoms with Crippen molar-refractivity contribution in [3.63, 3.8) is 0 Å². The number of carboxylic acids is 2. The second kappa shape index (κ2) is 14.5. The highest BCUT2D eigenvalue weighted by Crippen LogP contribution is 2.30. The normalized spacial score (nSPS) is 16.7. The van der Waals surface area contributed by atoms with Gasteiger partial charge in [-0.05, 0) is 70.1 Å². The molecule has 0 bridgehead atoms. The molecule has 0 spiro atoms. The van der Waals surface area contributed by atoms with E-state index >= 15 is 0 Å². The van der Waals surface area contributed by atoms with Crippen molar-refractivity contribution in [2.24, 2.45) is 17.1 Å². The molecule has 2 aliphatic rings. The third-order valence-electron chi connectivity index (χ3n) is 7.69. The standard InChI is InChI=1S/C26H37FN4O4.C2HF3O2/c1-4-21(26(2,3)25(35)31-13-9-17(10-14-31)15-22(32)33)29-24(34)19-8-7-18(16-20(19)27)23(28)30-11-5-6-12-30;3-2(4,5)1(6)7/h7-8,16-17,21,28H,4-6,9-15H2,1-3H3,(H2,29,32,33,34);(H,6,7). The number of nitrogens with zero attached hydrogens (tertiary/aromatic N) is 2. The van der Waals surface area contributed by atoms with E-state index in [0.29, 0.717) is 43.8 Å². The molecule has 0 saturated carbocycles. The van der Waals surface area contributed by atoms with E-state index in [0.717, 1.165) is 25.9 Å². The van der Waals surface area contributed by atoms with Gasteiger partial charge in [-0.15, -0.1) is 0 Å². The van der Waals surface area contributed by atoms with Crippen molar-refractivity contribution in [1.82, 2.24) is 10.2 Å². The summed E-state index contributed by atoms with van der Waals surface area (Å²) in [5.41, 5.74) is 5.75. The Hall–Kier alpha value is -3.71. The van der Waals surface area contributed by atoms with Crippen molar-refractivity contribution in [3.8, 4) is 0 Å². The monoisotopic (exact) mass is 602 g/mol. The molecular weight excluding hydrogens is 564 g/mol. The Morgan fingerprint density at radius 2 is 1.69 bits per heavy atom. The molecule has 42 heavy (non-hydrogen) atoms. The zero-order valence-corrected chi connectivity index (χ0v) is 23.9. The Balaban J connectivity index is 0.000000782. The van der Waals surface area contributed by atoms with Crippen LogP contribution in [0.4, 0.5) is 17.6 Å². The minimum Gasteiger partial charge on any atom is -0.542 e. The van der Waals surface area contributed by atoms with Crippen LogP contribution in [0.2, 0.25) is 0 Å². The molecule has 2 saturated heterocycles. The lowest BCUT2D eigenvalue weighted by Crippen LogP contribution is -2.54. The molecule has 0 aromatic heterocycles. The average molecular weight is 603 g/mol. The first kappa shape index (κ1) is 34.5. The van der Waals surface area contributed by atoms with Crippen molar-refractivity contribution in [2.45, 2.75) is 71.5 Å². The van der Waals surface area contributed by atoms with Gasteiger partial charge >= 0.3 is 12.1 Å². The first-order valence-corrected chi connectivity index (χ1v) is 13.8. The van der Waals surface area contributed by atoms with Gasteiger partial charge in [0.2, 0.25) is 5.91 Å². The van der Waals surface area contributed by atoms with Gasteiger partial charge in [-0.2, -0.15) is 13.2 Å². The number of nitrogens with two attached hydrogens (primary N) is 1. The Bertz CT molecular complexity index is 1190. The van der Waals surface area contributed by atoms with Crippen molar-refractivity contribution < 1.29 is 51.5 Å². The van der Waals surface area contributed by atoms with Gasteiger partial charge in [0.05, 0.1) is 29.6 Å². The van der Waals surface area contributed by atoms with E-state index in [4.69, 9.17) is 20.7 Å². The fraction of sp³-hybridized carbons (Fsp3) is 0.607. The van der Waals surface area contributed by atoms with E-state index in [9.17, 15) is 31.9 Å². The molecule has 3 rings (SSSR count). The zero-order valence-electron chi connectivity index (χ0n) is 23.9. The molecule has 1 atom stereocenters. The molecule has 2 heterocycles. The molecule has 10 nitrogen and oxygen atoms in total. The van der Waals surface area contributed by atoms with Crippen LogP contribution in [0.15, 0.2) is 18.2 Å². The van der Waals surface area contributed by atoms with Crippen LogP contribution in [0.1, 0.15) is 75.2 Å². The Morgan fingerprint density at radius 1 is 1.14 bits per heavy atom. The maximum absolute atomic E-state index is 14.9. The summed E-state index contributed by atoms with van der Waals surface area (Å²) >= 11 is 0. The van der Waals surface area contributed by atoms with Gasteiger partial charge in [-0.1, -0.05) is 6.92 Å². The predicted octanol–water partition coefficient (Wildman–Crippen LogP) is 1.88. The van der Waals surface area contributed by atoms with Crippen molar-refractivity contribution in [1.29, 1.82) is 0 Å². The van der Waals surface area contributed by atoms with Gasteiger partial charge in [0.25, 0.3) is 11.7 Å². The topological polar surface area (TPSA) is 156 Å². The van der Waals surface area contributed by atoms with E-state index < -0.39 is 41.3 Å². The van der Waals surface area contributed by atoms with Gasteiger partial charge in [0.1, 0.15) is 11.8 Å². The smallest absolute Gasteiger partial charge is 0.430 e. The zero-order chi connectivity index (χ0) is 31.8. The number of hydrogen-bond donors (Lipinski definition) is 3. The van der Waals surface area contributed by atoms with Crippen LogP contribution in [0.3, 0.4) is 0 Å². The fourth-order valence-corrected chi connectivity index (χ4v) is 5.17. The molecule has 1 unspecified atom stereocenters. The van der Waals surface area contributed by atoms with Crippen molar-refractivity contribution in [2.75, 3.05) is 26.2 Å². The number of carbonyl (C=O) groups excluding carboxylic acids is 3. The van der Waals surface area contributed by atoms with E-state index in [-0.39, 0.29) is 23.8 Å². The summed E-state index contributed by atoms with van der Waals surface area (Å²) in [4.78, 5) is 47.8. The largest absolute Gasteiger partial charge is 0.542 e. The number of halogens is 4. The maximum atomic E-state index is 14.9. The molecule has 2 aliphatic heterocycles. The lowest BCUT2D eigenvalue weighted by Gasteiger charge is -2.40. The van der Waals surface area contributed by atoms with E-state index in [2.05, 4.69) is 5.32 Å². The second-order valence-electron chi connectivity index (χ2n) is 11.0. The van der Waals surface area contributed by atoms with Crippen LogP contribution >= 0.6 is 0 Å². The van der Waals surface area contributed by atoms with Crippen molar-refractivity contribution in [3.05, 3.63) is 35.1 Å². The third kappa shape index (κ3) is 9.15. The van der Waals surface area contributed by atoms with Crippen LogP contribution in [-0.2, 0) is 14.4 Å². The van der Waals surface area contributed by atoms with Crippen LogP contribution in [0, 0.1) is 17.2 Å². The number of nitrogens with one attached hydrogen (secondary N) is 1. The second-order valence-corrected chi connectivity index (χ2v) is 11.0. The first-order chi connectivity index (χ1) is 19.5. The van der Waals surface area contributed by atoms with Crippen LogP contribution in [0.25, 0.3) is 0 Å². The Morgan fingerprint density at radius 3 is 2.14 bits per heavy atom. The molecule has 0 aliphatic carbocycles. The summed E-state index contributed by atoms with van der Waals surface area (Å²) in [5, 5.41) is 20.7. The Kier molecular flexibility index (Phi) is 11.9. The molecule has 0 radical (unpaired) electrons. The number of alkyl halides is 3. The summed E-state index contributed by atoms with van der Waals surface area (Å²) in [6.07, 6.45) is -1.19. The molecule has 2 amide bonds. The number of hydrogen-bond acceptors (Lipinski definition) is 5. The lowest BCUT2D eigenvalue weighted by atomic mass is 9.80. The number of amides is 2. The molecule has 4 N–H and O–H groups in total. The highest BCUT2D eigenvalue weighted by atomic mass is 19.4. The van der Waals surface area contributed by atoms with Crippen LogP contribution < -0.4 is 16.2 Å². The number of likely N-dealkylation sites (tertiary alicyclic amines) is 1. The maximum Gasteiger partial charge on any atom is 0.430 e. The molecule has 1 aromatic carbocycles. The molecule has 2 fully saturated rings. The molecule has 234 valence electrons. The van der Waals surface area contributed by atoms with Gasteiger partial charge in [0, 0.05) is 25.6 Å². The predicted molar refractivity (Wildman–Crippen MR) is 142 cm³/mol. The summed E-state index contributed by atoms with van der Waals surface area (Å²) < 4.78 is 48.5. The number of benzene rings is 1. The highest BCUT2D eigenvalue weighted by molar-refractivity contribution is 5.98. The number of rotatable bonds is 8. The summed E-state index contributed by atoms with van der Waals surface area (Å²) in [7, 11) is 0. The van der Waals surface area contributed by atoms with Crippen molar-refractivity contribution >= 4 is 29.6 Å². The number of amidine groups is 1.